The molecule has 0 N–H and O–H groups in total. The summed E-state index contributed by atoms with van der Waals surface area (Å²) in [5.74, 6) is 2.54. The van der Waals surface area contributed by atoms with Gasteiger partial charge in [-0.05, 0) is 42.0 Å². The Labute approximate surface area is 232 Å². The van der Waals surface area contributed by atoms with Gasteiger partial charge in [0.15, 0.2) is 6.29 Å². The van der Waals surface area contributed by atoms with Gasteiger partial charge in [0, 0.05) is 11.5 Å². The fourth-order valence-electron chi connectivity index (χ4n) is 6.07. The van der Waals surface area contributed by atoms with Gasteiger partial charge in [-0.3, -0.25) is 0 Å². The van der Waals surface area contributed by atoms with Crippen molar-refractivity contribution in [1.29, 1.82) is 0 Å². The molecule has 2 aromatic rings. The molecule has 0 unspecified atom stereocenters. The second kappa shape index (κ2) is 17.0. The van der Waals surface area contributed by atoms with Gasteiger partial charge in [-0.2, -0.15) is 0 Å². The molecule has 1 heterocycles. The highest BCUT2D eigenvalue weighted by Gasteiger charge is 2.23. The quantitative estimate of drug-likeness (QED) is 0.194. The maximum Gasteiger partial charge on any atom is 0.183 e. The van der Waals surface area contributed by atoms with Crippen LogP contribution in [0.5, 0.6) is 5.75 Å². The fourth-order valence-corrected chi connectivity index (χ4v) is 6.07. The Bertz CT molecular complexity index is 861. The van der Waals surface area contributed by atoms with Crippen LogP contribution in [0.15, 0.2) is 48.5 Å². The molecular formula is C35H52O3. The average molecular weight is 521 g/mol. The van der Waals surface area contributed by atoms with E-state index in [1.54, 1.807) is 0 Å². The molecular weight excluding hydrogens is 468 g/mol. The van der Waals surface area contributed by atoms with Gasteiger partial charge in [0.05, 0.1) is 19.8 Å². The molecule has 0 aromatic heterocycles. The van der Waals surface area contributed by atoms with Gasteiger partial charge in [-0.25, -0.2) is 0 Å². The van der Waals surface area contributed by atoms with Crippen molar-refractivity contribution in [3.8, 4) is 16.9 Å². The third-order valence-corrected chi connectivity index (χ3v) is 8.55. The lowest BCUT2D eigenvalue weighted by atomic mass is 9.99. The van der Waals surface area contributed by atoms with E-state index in [2.05, 4.69) is 55.5 Å². The zero-order valence-electron chi connectivity index (χ0n) is 24.0. The van der Waals surface area contributed by atoms with Crippen LogP contribution >= 0.6 is 0 Å². The van der Waals surface area contributed by atoms with E-state index in [9.17, 15) is 0 Å². The molecule has 1 saturated heterocycles. The van der Waals surface area contributed by atoms with E-state index in [4.69, 9.17) is 14.2 Å². The third kappa shape index (κ3) is 10.0. The molecule has 1 saturated carbocycles. The monoisotopic (exact) mass is 520 g/mol. The predicted octanol–water partition coefficient (Wildman–Crippen LogP) is 10.3. The van der Waals surface area contributed by atoms with Crippen molar-refractivity contribution >= 4 is 0 Å². The number of ether oxygens (including phenoxy) is 3. The molecule has 210 valence electrons. The highest BCUT2D eigenvalue weighted by atomic mass is 16.7. The molecule has 0 bridgehead atoms. The van der Waals surface area contributed by atoms with Crippen LogP contribution in [0.1, 0.15) is 122 Å². The largest absolute Gasteiger partial charge is 0.494 e. The van der Waals surface area contributed by atoms with E-state index < -0.39 is 0 Å². The van der Waals surface area contributed by atoms with E-state index in [0.717, 1.165) is 43.5 Å². The summed E-state index contributed by atoms with van der Waals surface area (Å²) in [4.78, 5) is 0. The SMILES string of the molecule is CCCCCCCCC1COC(c2ccc(-c3ccc(OCCCCCCC4CCCC4)cc3)cc2)OC1. The second-order valence-corrected chi connectivity index (χ2v) is 11.8. The average Bonchev–Trinajstić information content (AvgIpc) is 3.49. The third-order valence-electron chi connectivity index (χ3n) is 8.55. The Morgan fingerprint density at radius 2 is 1.18 bits per heavy atom. The molecule has 0 amide bonds. The molecule has 2 aromatic carbocycles. The summed E-state index contributed by atoms with van der Waals surface area (Å²) in [7, 11) is 0. The second-order valence-electron chi connectivity index (χ2n) is 11.8. The minimum absolute atomic E-state index is 0.233. The van der Waals surface area contributed by atoms with Crippen molar-refractivity contribution in [3.63, 3.8) is 0 Å². The molecule has 1 aliphatic heterocycles. The minimum Gasteiger partial charge on any atom is -0.494 e. The van der Waals surface area contributed by atoms with Gasteiger partial charge >= 0.3 is 0 Å². The van der Waals surface area contributed by atoms with Crippen LogP contribution < -0.4 is 4.74 Å². The van der Waals surface area contributed by atoms with Crippen molar-refractivity contribution in [3.05, 3.63) is 54.1 Å². The van der Waals surface area contributed by atoms with Gasteiger partial charge in [0.2, 0.25) is 0 Å². The van der Waals surface area contributed by atoms with E-state index in [1.165, 1.54) is 107 Å². The molecule has 2 fully saturated rings. The van der Waals surface area contributed by atoms with Crippen LogP contribution in [0.2, 0.25) is 0 Å². The zero-order chi connectivity index (χ0) is 26.3. The summed E-state index contributed by atoms with van der Waals surface area (Å²) in [6, 6.07) is 17.1. The predicted molar refractivity (Wildman–Crippen MR) is 159 cm³/mol. The molecule has 0 atom stereocenters. The molecule has 0 spiro atoms. The molecule has 3 heteroatoms. The normalized spacial score (nSPS) is 20.1. The lowest BCUT2D eigenvalue weighted by molar-refractivity contribution is -0.206. The zero-order valence-corrected chi connectivity index (χ0v) is 24.0. The first-order chi connectivity index (χ1) is 18.8. The van der Waals surface area contributed by atoms with Gasteiger partial charge in [-0.1, -0.05) is 133 Å². The Morgan fingerprint density at radius 3 is 1.84 bits per heavy atom. The van der Waals surface area contributed by atoms with E-state index in [1.807, 2.05) is 0 Å². The Hall–Kier alpha value is -1.84. The van der Waals surface area contributed by atoms with Crippen LogP contribution in [0.4, 0.5) is 0 Å². The number of benzene rings is 2. The lowest BCUT2D eigenvalue weighted by Gasteiger charge is -2.29. The number of unbranched alkanes of at least 4 members (excludes halogenated alkanes) is 8. The van der Waals surface area contributed by atoms with Gasteiger partial charge < -0.3 is 14.2 Å². The Balaban J connectivity index is 1.10. The highest BCUT2D eigenvalue weighted by molar-refractivity contribution is 5.64. The topological polar surface area (TPSA) is 27.7 Å². The molecule has 38 heavy (non-hydrogen) atoms. The van der Waals surface area contributed by atoms with E-state index >= 15 is 0 Å². The van der Waals surface area contributed by atoms with E-state index in [0.29, 0.717) is 5.92 Å². The van der Waals surface area contributed by atoms with Crippen molar-refractivity contribution < 1.29 is 14.2 Å². The van der Waals surface area contributed by atoms with Gasteiger partial charge in [0.1, 0.15) is 5.75 Å². The number of hydrogen-bond acceptors (Lipinski definition) is 3. The Kier molecular flexibility index (Phi) is 13.0. The molecule has 3 nitrogen and oxygen atoms in total. The first-order valence-electron chi connectivity index (χ1n) is 15.9. The summed E-state index contributed by atoms with van der Waals surface area (Å²) in [5, 5.41) is 0. The van der Waals surface area contributed by atoms with Crippen LogP contribution in [-0.4, -0.2) is 19.8 Å². The van der Waals surface area contributed by atoms with Crippen molar-refractivity contribution in [2.45, 2.75) is 116 Å². The van der Waals surface area contributed by atoms with Crippen LogP contribution in [0.25, 0.3) is 11.1 Å². The van der Waals surface area contributed by atoms with Crippen molar-refractivity contribution in [2.75, 3.05) is 19.8 Å². The van der Waals surface area contributed by atoms with Crippen molar-refractivity contribution in [2.24, 2.45) is 11.8 Å². The van der Waals surface area contributed by atoms with Gasteiger partial charge in [0.25, 0.3) is 0 Å². The lowest BCUT2D eigenvalue weighted by Crippen LogP contribution is -2.27. The number of rotatable bonds is 17. The maximum atomic E-state index is 6.09. The van der Waals surface area contributed by atoms with Gasteiger partial charge in [-0.15, -0.1) is 0 Å². The Morgan fingerprint density at radius 1 is 0.632 bits per heavy atom. The number of hydrogen-bond donors (Lipinski definition) is 0. The summed E-state index contributed by atoms with van der Waals surface area (Å²) in [6.07, 6.45) is 21.6. The maximum absolute atomic E-state index is 6.09. The molecule has 2 aliphatic rings. The van der Waals surface area contributed by atoms with Crippen LogP contribution in [0, 0.1) is 11.8 Å². The first kappa shape index (κ1) is 29.2. The van der Waals surface area contributed by atoms with Crippen LogP contribution in [-0.2, 0) is 9.47 Å². The summed E-state index contributed by atoms with van der Waals surface area (Å²) in [5.41, 5.74) is 3.52. The van der Waals surface area contributed by atoms with Crippen molar-refractivity contribution in [1.82, 2.24) is 0 Å². The molecule has 0 radical (unpaired) electrons. The smallest absolute Gasteiger partial charge is 0.183 e. The summed E-state index contributed by atoms with van der Waals surface area (Å²) >= 11 is 0. The first-order valence-corrected chi connectivity index (χ1v) is 15.9. The molecule has 4 rings (SSSR count). The van der Waals surface area contributed by atoms with Crippen LogP contribution in [0.3, 0.4) is 0 Å². The molecule has 1 aliphatic carbocycles. The standard InChI is InChI=1S/C35H52O3/c1-2-3-4-5-6-10-17-30-27-37-35(38-28-30)33-20-18-31(19-21-33)32-22-24-34(25-23-32)36-26-13-8-7-9-14-29-15-11-12-16-29/h18-25,29-30,35H,2-17,26-28H2,1H3. The summed E-state index contributed by atoms with van der Waals surface area (Å²) in [6.45, 7) is 4.71. The fraction of sp³-hybridized carbons (Fsp3) is 0.657. The summed E-state index contributed by atoms with van der Waals surface area (Å²) < 4.78 is 18.2. The minimum atomic E-state index is -0.233. The van der Waals surface area contributed by atoms with E-state index in [-0.39, 0.29) is 6.29 Å². The highest BCUT2D eigenvalue weighted by Crippen LogP contribution is 2.31.